The standard InChI is InChI=1S/C11H5F3N2O/c12-11(13,14)17-9-2-1-8-3-7(5-15)6-16-10(8)4-9/h1-4,6H. The first kappa shape index (κ1) is 11.2. The summed E-state index contributed by atoms with van der Waals surface area (Å²) in [4.78, 5) is 3.87. The van der Waals surface area contributed by atoms with E-state index in [0.29, 0.717) is 16.5 Å². The third kappa shape index (κ3) is 2.64. The van der Waals surface area contributed by atoms with Crippen molar-refractivity contribution in [3.8, 4) is 11.8 Å². The summed E-state index contributed by atoms with van der Waals surface area (Å²) in [6.45, 7) is 0. The van der Waals surface area contributed by atoms with Crippen molar-refractivity contribution in [2.45, 2.75) is 6.36 Å². The summed E-state index contributed by atoms with van der Waals surface area (Å²) in [6, 6.07) is 7.21. The fourth-order valence-electron chi connectivity index (χ4n) is 1.36. The van der Waals surface area contributed by atoms with Crippen LogP contribution in [0.5, 0.6) is 5.75 Å². The zero-order chi connectivity index (χ0) is 12.5. The van der Waals surface area contributed by atoms with Gasteiger partial charge in [0.2, 0.25) is 0 Å². The lowest BCUT2D eigenvalue weighted by Gasteiger charge is -2.08. The molecule has 0 fully saturated rings. The number of fused-ring (bicyclic) bond motifs is 1. The van der Waals surface area contributed by atoms with Gasteiger partial charge in [0, 0.05) is 17.6 Å². The van der Waals surface area contributed by atoms with Crippen LogP contribution in [0.25, 0.3) is 10.9 Å². The van der Waals surface area contributed by atoms with E-state index >= 15 is 0 Å². The van der Waals surface area contributed by atoms with Crippen molar-refractivity contribution >= 4 is 10.9 Å². The number of benzene rings is 1. The fourth-order valence-corrected chi connectivity index (χ4v) is 1.36. The van der Waals surface area contributed by atoms with E-state index in [1.807, 2.05) is 6.07 Å². The molecule has 2 aromatic rings. The number of nitriles is 1. The lowest BCUT2D eigenvalue weighted by atomic mass is 10.1. The Balaban J connectivity index is 2.42. The van der Waals surface area contributed by atoms with Gasteiger partial charge in [0.25, 0.3) is 0 Å². The van der Waals surface area contributed by atoms with Gasteiger partial charge in [-0.1, -0.05) is 0 Å². The van der Waals surface area contributed by atoms with Crippen LogP contribution in [0.2, 0.25) is 0 Å². The van der Waals surface area contributed by atoms with Gasteiger partial charge in [0.15, 0.2) is 0 Å². The number of alkyl halides is 3. The van der Waals surface area contributed by atoms with E-state index in [1.165, 1.54) is 24.4 Å². The first-order valence-corrected chi connectivity index (χ1v) is 4.53. The highest BCUT2D eigenvalue weighted by molar-refractivity contribution is 5.81. The van der Waals surface area contributed by atoms with Crippen molar-refractivity contribution in [2.75, 3.05) is 0 Å². The van der Waals surface area contributed by atoms with Gasteiger partial charge in [-0.2, -0.15) is 5.26 Å². The van der Waals surface area contributed by atoms with Crippen LogP contribution in [0.3, 0.4) is 0 Å². The molecule has 0 aliphatic carbocycles. The molecule has 0 unspecified atom stereocenters. The van der Waals surface area contributed by atoms with Crippen LogP contribution in [0.1, 0.15) is 5.56 Å². The molecule has 0 saturated heterocycles. The average Bonchev–Trinajstić information content (AvgIpc) is 2.26. The van der Waals surface area contributed by atoms with Crippen molar-refractivity contribution in [3.63, 3.8) is 0 Å². The highest BCUT2D eigenvalue weighted by Crippen LogP contribution is 2.25. The second kappa shape index (κ2) is 3.94. The van der Waals surface area contributed by atoms with Gasteiger partial charge in [-0.15, -0.1) is 13.2 Å². The van der Waals surface area contributed by atoms with Crippen LogP contribution >= 0.6 is 0 Å². The van der Waals surface area contributed by atoms with E-state index in [2.05, 4.69) is 9.72 Å². The molecule has 0 radical (unpaired) electrons. The number of nitrogens with zero attached hydrogens (tertiary/aromatic N) is 2. The minimum absolute atomic E-state index is 0.331. The van der Waals surface area contributed by atoms with Gasteiger partial charge < -0.3 is 4.74 Å². The number of ether oxygens (including phenoxy) is 1. The molecular formula is C11H5F3N2O. The molecule has 6 heteroatoms. The highest BCUT2D eigenvalue weighted by atomic mass is 19.4. The van der Waals surface area contributed by atoms with E-state index < -0.39 is 6.36 Å². The average molecular weight is 238 g/mol. The predicted molar refractivity (Wildman–Crippen MR) is 53.1 cm³/mol. The zero-order valence-corrected chi connectivity index (χ0v) is 8.32. The summed E-state index contributed by atoms with van der Waals surface area (Å²) in [5.74, 6) is -0.331. The maximum Gasteiger partial charge on any atom is 0.573 e. The third-order valence-corrected chi connectivity index (χ3v) is 2.02. The summed E-state index contributed by atoms with van der Waals surface area (Å²) in [6.07, 6.45) is -3.43. The summed E-state index contributed by atoms with van der Waals surface area (Å²) in [5.41, 5.74) is 0.688. The molecule has 17 heavy (non-hydrogen) atoms. The molecule has 0 saturated carbocycles. The molecule has 1 heterocycles. The van der Waals surface area contributed by atoms with Gasteiger partial charge in [0.05, 0.1) is 11.1 Å². The molecule has 0 amide bonds. The molecule has 0 aliphatic rings. The number of hydrogen-bond acceptors (Lipinski definition) is 3. The number of hydrogen-bond donors (Lipinski definition) is 0. The van der Waals surface area contributed by atoms with Crippen molar-refractivity contribution in [2.24, 2.45) is 0 Å². The Bertz CT molecular complexity index is 602. The van der Waals surface area contributed by atoms with Crippen LogP contribution in [0.4, 0.5) is 13.2 Å². The summed E-state index contributed by atoms with van der Waals surface area (Å²) < 4.78 is 39.7. The fraction of sp³-hybridized carbons (Fsp3) is 0.0909. The predicted octanol–water partition coefficient (Wildman–Crippen LogP) is 3.01. The van der Waals surface area contributed by atoms with Gasteiger partial charge in [0.1, 0.15) is 11.8 Å². The molecule has 1 aromatic heterocycles. The van der Waals surface area contributed by atoms with E-state index in [-0.39, 0.29) is 5.75 Å². The lowest BCUT2D eigenvalue weighted by Crippen LogP contribution is -2.17. The molecule has 0 bridgehead atoms. The topological polar surface area (TPSA) is 45.9 Å². The van der Waals surface area contributed by atoms with Gasteiger partial charge in [-0.3, -0.25) is 4.98 Å². The molecule has 0 aliphatic heterocycles. The van der Waals surface area contributed by atoms with Gasteiger partial charge in [-0.05, 0) is 18.2 Å². The van der Waals surface area contributed by atoms with Crippen LogP contribution in [0.15, 0.2) is 30.5 Å². The Morgan fingerprint density at radius 3 is 2.65 bits per heavy atom. The van der Waals surface area contributed by atoms with E-state index in [9.17, 15) is 13.2 Å². The maximum absolute atomic E-state index is 12.0. The molecule has 2 rings (SSSR count). The van der Waals surface area contributed by atoms with Gasteiger partial charge in [-0.25, -0.2) is 0 Å². The van der Waals surface area contributed by atoms with E-state index in [1.54, 1.807) is 6.07 Å². The number of aromatic nitrogens is 1. The van der Waals surface area contributed by atoms with Crippen LogP contribution < -0.4 is 4.74 Å². The van der Waals surface area contributed by atoms with Gasteiger partial charge >= 0.3 is 6.36 Å². The molecule has 0 spiro atoms. The smallest absolute Gasteiger partial charge is 0.406 e. The largest absolute Gasteiger partial charge is 0.573 e. The molecular weight excluding hydrogens is 233 g/mol. The Hall–Kier alpha value is -2.29. The zero-order valence-electron chi connectivity index (χ0n) is 8.32. The quantitative estimate of drug-likeness (QED) is 0.767. The van der Waals surface area contributed by atoms with Crippen molar-refractivity contribution in [1.29, 1.82) is 5.26 Å². The first-order chi connectivity index (χ1) is 7.98. The second-order valence-electron chi connectivity index (χ2n) is 3.24. The number of rotatable bonds is 1. The molecule has 0 N–H and O–H groups in total. The molecule has 86 valence electrons. The molecule has 1 aromatic carbocycles. The minimum atomic E-state index is -4.72. The Morgan fingerprint density at radius 2 is 2.00 bits per heavy atom. The highest BCUT2D eigenvalue weighted by Gasteiger charge is 2.31. The Morgan fingerprint density at radius 1 is 1.24 bits per heavy atom. The lowest BCUT2D eigenvalue weighted by molar-refractivity contribution is -0.274. The third-order valence-electron chi connectivity index (χ3n) is 2.02. The Kier molecular flexibility index (Phi) is 2.60. The minimum Gasteiger partial charge on any atom is -0.406 e. The van der Waals surface area contributed by atoms with Crippen molar-refractivity contribution in [1.82, 2.24) is 4.98 Å². The van der Waals surface area contributed by atoms with Crippen molar-refractivity contribution < 1.29 is 17.9 Å². The van der Waals surface area contributed by atoms with Crippen LogP contribution in [-0.4, -0.2) is 11.3 Å². The van der Waals surface area contributed by atoms with Crippen LogP contribution in [0, 0.1) is 11.3 Å². The summed E-state index contributed by atoms with van der Waals surface area (Å²) >= 11 is 0. The van der Waals surface area contributed by atoms with E-state index in [0.717, 1.165) is 0 Å². The van der Waals surface area contributed by atoms with Crippen molar-refractivity contribution in [3.05, 3.63) is 36.0 Å². The monoisotopic (exact) mass is 238 g/mol. The first-order valence-electron chi connectivity index (χ1n) is 4.53. The van der Waals surface area contributed by atoms with Crippen LogP contribution in [-0.2, 0) is 0 Å². The second-order valence-corrected chi connectivity index (χ2v) is 3.24. The number of pyridine rings is 1. The molecule has 0 atom stereocenters. The maximum atomic E-state index is 12.0. The van der Waals surface area contributed by atoms with E-state index in [4.69, 9.17) is 5.26 Å². The molecule has 3 nitrogen and oxygen atoms in total. The summed E-state index contributed by atoms with van der Waals surface area (Å²) in [7, 11) is 0. The number of halogens is 3. The summed E-state index contributed by atoms with van der Waals surface area (Å²) in [5, 5.41) is 9.22. The SMILES string of the molecule is N#Cc1cnc2cc(OC(F)(F)F)ccc2c1. The Labute approximate surface area is 94.1 Å². The normalized spacial score (nSPS) is 11.2.